The highest BCUT2D eigenvalue weighted by Crippen LogP contribution is 2.31. The van der Waals surface area contributed by atoms with Gasteiger partial charge in [0.15, 0.2) is 15.2 Å². The summed E-state index contributed by atoms with van der Waals surface area (Å²) in [5.41, 5.74) is 0. The van der Waals surface area contributed by atoms with Gasteiger partial charge in [-0.25, -0.2) is 9.78 Å². The predicted octanol–water partition coefficient (Wildman–Crippen LogP) is 2.58. The lowest BCUT2D eigenvalue weighted by Gasteiger charge is -2.17. The third-order valence-electron chi connectivity index (χ3n) is 1.69. The van der Waals surface area contributed by atoms with Gasteiger partial charge in [0.05, 0.1) is 7.11 Å². The number of anilines is 1. The van der Waals surface area contributed by atoms with Gasteiger partial charge in [0.25, 0.3) is 0 Å². The molecule has 17 heavy (non-hydrogen) atoms. The fourth-order valence-corrected chi connectivity index (χ4v) is 2.17. The van der Waals surface area contributed by atoms with Gasteiger partial charge >= 0.3 is 12.1 Å². The second kappa shape index (κ2) is 5.09. The Morgan fingerprint density at radius 2 is 2.18 bits per heavy atom. The Labute approximate surface area is 104 Å². The summed E-state index contributed by atoms with van der Waals surface area (Å²) in [7, 11) is 2.36. The average molecular weight is 289 g/mol. The summed E-state index contributed by atoms with van der Waals surface area (Å²) in [5.74, 6) is -0.723. The molecule has 0 atom stereocenters. The lowest BCUT2D eigenvalue weighted by Crippen LogP contribution is -2.30. The third kappa shape index (κ3) is 3.74. The molecule has 0 radical (unpaired) electrons. The molecule has 1 rings (SSSR count). The first-order chi connectivity index (χ1) is 7.74. The summed E-state index contributed by atoms with van der Waals surface area (Å²) in [6.07, 6.45) is -4.35. The Balaban J connectivity index is 2.90. The van der Waals surface area contributed by atoms with Gasteiger partial charge in [0.1, 0.15) is 6.54 Å². The van der Waals surface area contributed by atoms with Crippen molar-refractivity contribution in [3.63, 3.8) is 0 Å². The van der Waals surface area contributed by atoms with Crippen LogP contribution in [0, 0.1) is 0 Å². The highest BCUT2D eigenvalue weighted by atomic mass is 35.5. The van der Waals surface area contributed by atoms with Crippen molar-refractivity contribution < 1.29 is 22.7 Å². The highest BCUT2D eigenvalue weighted by molar-refractivity contribution is 7.18. The van der Waals surface area contributed by atoms with Crippen LogP contribution in [0.4, 0.5) is 18.3 Å². The van der Waals surface area contributed by atoms with Crippen molar-refractivity contribution in [3.05, 3.63) is 10.0 Å². The molecule has 1 heterocycles. The van der Waals surface area contributed by atoms with E-state index in [0.29, 0.717) is 0 Å². The van der Waals surface area contributed by atoms with Crippen LogP contribution in [-0.4, -0.2) is 37.8 Å². The molecule has 0 fully saturated rings. The van der Waals surface area contributed by atoms with Crippen LogP contribution >= 0.6 is 22.9 Å². The van der Waals surface area contributed by atoms with Gasteiger partial charge in [-0.1, -0.05) is 22.9 Å². The zero-order valence-electron chi connectivity index (χ0n) is 8.84. The Morgan fingerprint density at radius 3 is 2.65 bits per heavy atom. The molecule has 0 aliphatic heterocycles. The molecule has 0 unspecified atom stereocenters. The van der Waals surface area contributed by atoms with Gasteiger partial charge in [-0.05, 0) is 0 Å². The first kappa shape index (κ1) is 14.0. The van der Waals surface area contributed by atoms with Crippen molar-refractivity contribution in [3.8, 4) is 0 Å². The van der Waals surface area contributed by atoms with E-state index in [1.807, 2.05) is 0 Å². The molecule has 0 saturated heterocycles. The summed E-state index contributed by atoms with van der Waals surface area (Å²) in [4.78, 5) is 15.7. The number of ether oxygens (including phenoxy) is 1. The molecular formula is C8H8ClF3N2O2S. The lowest BCUT2D eigenvalue weighted by molar-refractivity contribution is -0.119. The number of hydrogen-bond acceptors (Lipinski definition) is 5. The van der Waals surface area contributed by atoms with Crippen LogP contribution in [0.2, 0.25) is 5.15 Å². The first-order valence-electron chi connectivity index (χ1n) is 4.27. The summed E-state index contributed by atoms with van der Waals surface area (Å²) in [6, 6.07) is 0. The molecule has 1 aromatic heterocycles. The van der Waals surface area contributed by atoms with E-state index in [-0.39, 0.29) is 15.2 Å². The van der Waals surface area contributed by atoms with E-state index in [4.69, 9.17) is 11.6 Å². The van der Waals surface area contributed by atoms with Crippen molar-refractivity contribution in [1.82, 2.24) is 4.98 Å². The lowest BCUT2D eigenvalue weighted by atomic mass is 10.5. The Kier molecular flexibility index (Phi) is 4.21. The minimum Gasteiger partial charge on any atom is -0.465 e. The van der Waals surface area contributed by atoms with Crippen LogP contribution in [0.3, 0.4) is 0 Å². The van der Waals surface area contributed by atoms with Crippen LogP contribution in [0.25, 0.3) is 0 Å². The Morgan fingerprint density at radius 1 is 1.59 bits per heavy atom. The van der Waals surface area contributed by atoms with Gasteiger partial charge in [-0.3, -0.25) is 0 Å². The van der Waals surface area contributed by atoms with Crippen LogP contribution in [-0.2, 0) is 4.74 Å². The van der Waals surface area contributed by atoms with Gasteiger partial charge in [0.2, 0.25) is 0 Å². The molecule has 0 aliphatic carbocycles. The maximum atomic E-state index is 12.1. The predicted molar refractivity (Wildman–Crippen MR) is 57.8 cm³/mol. The molecule has 0 amide bonds. The quantitative estimate of drug-likeness (QED) is 0.802. The monoisotopic (exact) mass is 288 g/mol. The van der Waals surface area contributed by atoms with Crippen molar-refractivity contribution in [1.29, 1.82) is 0 Å². The van der Waals surface area contributed by atoms with Crippen molar-refractivity contribution in [2.45, 2.75) is 6.18 Å². The molecule has 9 heteroatoms. The van der Waals surface area contributed by atoms with Crippen LogP contribution in [0.5, 0.6) is 0 Å². The van der Waals surface area contributed by atoms with Gasteiger partial charge in [0, 0.05) is 7.05 Å². The smallest absolute Gasteiger partial charge is 0.405 e. The molecule has 0 N–H and O–H groups in total. The zero-order chi connectivity index (χ0) is 13.2. The van der Waals surface area contributed by atoms with E-state index in [2.05, 4.69) is 9.72 Å². The normalized spacial score (nSPS) is 11.4. The molecule has 0 bridgehead atoms. The van der Waals surface area contributed by atoms with E-state index >= 15 is 0 Å². The van der Waals surface area contributed by atoms with E-state index in [1.165, 1.54) is 7.05 Å². The second-order valence-electron chi connectivity index (χ2n) is 3.08. The van der Waals surface area contributed by atoms with Gasteiger partial charge < -0.3 is 9.64 Å². The standard InChI is InChI=1S/C8H8ClF3N2O2S/c1-14(3-8(10,11)12)7-13-5(9)4(17-7)6(15)16-2/h3H2,1-2H3. The van der Waals surface area contributed by atoms with Crippen LogP contribution in [0.15, 0.2) is 0 Å². The number of methoxy groups -OCH3 is 1. The molecular weight excluding hydrogens is 281 g/mol. The number of alkyl halides is 3. The summed E-state index contributed by atoms with van der Waals surface area (Å²) >= 11 is 6.37. The summed E-state index contributed by atoms with van der Waals surface area (Å²) in [6.45, 7) is -1.17. The maximum absolute atomic E-state index is 12.1. The van der Waals surface area contributed by atoms with E-state index in [1.54, 1.807) is 0 Å². The number of halogens is 4. The minimum absolute atomic E-state index is 0.00715. The van der Waals surface area contributed by atoms with Crippen molar-refractivity contribution in [2.75, 3.05) is 25.6 Å². The molecule has 96 valence electrons. The molecule has 0 aromatic carbocycles. The largest absolute Gasteiger partial charge is 0.465 e. The molecule has 0 saturated carbocycles. The Bertz CT molecular complexity index is 421. The van der Waals surface area contributed by atoms with Gasteiger partial charge in [-0.15, -0.1) is 0 Å². The SMILES string of the molecule is COC(=O)c1sc(N(C)CC(F)(F)F)nc1Cl. The molecule has 0 spiro atoms. The number of hydrogen-bond donors (Lipinski definition) is 0. The molecule has 1 aromatic rings. The number of rotatable bonds is 3. The molecule has 0 aliphatic rings. The van der Waals surface area contributed by atoms with Gasteiger partial charge in [-0.2, -0.15) is 13.2 Å². The van der Waals surface area contributed by atoms with Crippen LogP contribution in [0.1, 0.15) is 9.67 Å². The number of aromatic nitrogens is 1. The van der Waals surface area contributed by atoms with Crippen molar-refractivity contribution in [2.24, 2.45) is 0 Å². The zero-order valence-corrected chi connectivity index (χ0v) is 10.4. The number of carbonyl (C=O) groups is 1. The number of carbonyl (C=O) groups excluding carboxylic acids is 1. The third-order valence-corrected chi connectivity index (χ3v) is 3.22. The first-order valence-corrected chi connectivity index (χ1v) is 5.46. The second-order valence-corrected chi connectivity index (χ2v) is 4.41. The maximum Gasteiger partial charge on any atom is 0.405 e. The number of thiazole rings is 1. The number of esters is 1. The number of nitrogens with zero attached hydrogens (tertiary/aromatic N) is 2. The van der Waals surface area contributed by atoms with E-state index < -0.39 is 18.7 Å². The summed E-state index contributed by atoms with van der Waals surface area (Å²) in [5, 5.41) is -0.154. The summed E-state index contributed by atoms with van der Waals surface area (Å²) < 4.78 is 40.8. The van der Waals surface area contributed by atoms with Crippen molar-refractivity contribution >= 4 is 34.0 Å². The fourth-order valence-electron chi connectivity index (χ4n) is 1.01. The average Bonchev–Trinajstić information content (AvgIpc) is 2.57. The van der Waals surface area contributed by atoms with E-state index in [9.17, 15) is 18.0 Å². The molecule has 4 nitrogen and oxygen atoms in total. The highest BCUT2D eigenvalue weighted by Gasteiger charge is 2.31. The minimum atomic E-state index is -4.35. The topological polar surface area (TPSA) is 42.4 Å². The Hall–Kier alpha value is -1.02. The van der Waals surface area contributed by atoms with E-state index in [0.717, 1.165) is 23.3 Å². The van der Waals surface area contributed by atoms with Crippen LogP contribution < -0.4 is 4.90 Å². The fraction of sp³-hybridized carbons (Fsp3) is 0.500.